The van der Waals surface area contributed by atoms with Crippen LogP contribution >= 0.6 is 0 Å². The number of rotatable bonds is 12. The molecule has 1 aromatic carbocycles. The van der Waals surface area contributed by atoms with E-state index in [0.29, 0.717) is 17.9 Å². The summed E-state index contributed by atoms with van der Waals surface area (Å²) in [6, 6.07) is 5.18. The molecule has 0 bridgehead atoms. The molecule has 2 unspecified atom stereocenters. The predicted octanol–water partition coefficient (Wildman–Crippen LogP) is 7.71. The van der Waals surface area contributed by atoms with E-state index in [1.807, 2.05) is 13.0 Å². The second kappa shape index (κ2) is 11.6. The zero-order valence-electron chi connectivity index (χ0n) is 17.2. The summed E-state index contributed by atoms with van der Waals surface area (Å²) >= 11 is 0. The van der Waals surface area contributed by atoms with Gasteiger partial charge in [0.25, 0.3) is 0 Å². The Morgan fingerprint density at radius 2 is 1.79 bits per heavy atom. The Hall–Kier alpha value is -2.23. The van der Waals surface area contributed by atoms with Crippen LogP contribution in [-0.4, -0.2) is 6.61 Å². The number of halogens is 3. The van der Waals surface area contributed by atoms with E-state index >= 15 is 0 Å². The molecule has 0 amide bonds. The monoisotopic (exact) mass is 392 g/mol. The van der Waals surface area contributed by atoms with Gasteiger partial charge in [-0.25, -0.2) is 8.78 Å². The van der Waals surface area contributed by atoms with Gasteiger partial charge in [-0.05, 0) is 55.2 Å². The summed E-state index contributed by atoms with van der Waals surface area (Å²) in [6.45, 7) is 16.5. The highest BCUT2D eigenvalue weighted by molar-refractivity contribution is 5.48. The van der Waals surface area contributed by atoms with Gasteiger partial charge in [-0.2, -0.15) is 4.39 Å². The van der Waals surface area contributed by atoms with E-state index in [2.05, 4.69) is 26.7 Å². The third-order valence-electron chi connectivity index (χ3n) is 4.94. The lowest BCUT2D eigenvalue weighted by Gasteiger charge is -2.17. The molecule has 0 saturated heterocycles. The number of hydrogen-bond donors (Lipinski definition) is 0. The first-order chi connectivity index (χ1) is 13.2. The van der Waals surface area contributed by atoms with Gasteiger partial charge in [-0.15, -0.1) is 0 Å². The number of hydrogen-bond acceptors (Lipinski definition) is 1. The van der Waals surface area contributed by atoms with Crippen molar-refractivity contribution in [2.45, 2.75) is 46.5 Å². The predicted molar refractivity (Wildman–Crippen MR) is 112 cm³/mol. The Morgan fingerprint density at radius 1 is 1.11 bits per heavy atom. The van der Waals surface area contributed by atoms with Crippen molar-refractivity contribution in [3.05, 3.63) is 77.9 Å². The van der Waals surface area contributed by atoms with Crippen LogP contribution < -0.4 is 0 Å². The van der Waals surface area contributed by atoms with Crippen LogP contribution in [0.5, 0.6) is 0 Å². The SMILES string of the molecule is C=Cc1ccc(CCC(C)CCC(C)C(=C)/C(F)=C(/F)C(=C)OCC)cc1F. The molecule has 2 atom stereocenters. The molecule has 0 aliphatic carbocycles. The molecule has 1 aromatic rings. The van der Waals surface area contributed by atoms with Crippen molar-refractivity contribution in [1.29, 1.82) is 0 Å². The standard InChI is InChI=1S/C24H31F3O/c1-7-21-14-13-20(15-22(21)25)12-10-16(3)9-11-17(4)18(5)23(26)24(27)19(6)28-8-2/h7,13-17H,1,5-6,8-12H2,2-4H3/b24-23-. The first-order valence-electron chi connectivity index (χ1n) is 9.68. The van der Waals surface area contributed by atoms with Crippen LogP contribution in [0.2, 0.25) is 0 Å². The third kappa shape index (κ3) is 7.06. The minimum absolute atomic E-state index is 0.118. The Kier molecular flexibility index (Phi) is 9.84. The normalized spacial score (nSPS) is 14.1. The summed E-state index contributed by atoms with van der Waals surface area (Å²) in [5, 5.41) is 0. The molecule has 0 aliphatic heterocycles. The highest BCUT2D eigenvalue weighted by atomic mass is 19.2. The van der Waals surface area contributed by atoms with Gasteiger partial charge in [-0.1, -0.05) is 58.2 Å². The fraction of sp³-hybridized carbons (Fsp3) is 0.417. The molecule has 0 aliphatic rings. The van der Waals surface area contributed by atoms with Crippen molar-refractivity contribution in [3.8, 4) is 0 Å². The first-order valence-corrected chi connectivity index (χ1v) is 9.68. The lowest BCUT2D eigenvalue weighted by Crippen LogP contribution is -2.06. The average molecular weight is 393 g/mol. The molecular formula is C24H31F3O. The van der Waals surface area contributed by atoms with E-state index in [4.69, 9.17) is 4.74 Å². The second-order valence-corrected chi connectivity index (χ2v) is 7.19. The molecule has 0 aromatic heterocycles. The fourth-order valence-corrected chi connectivity index (χ4v) is 2.88. The lowest BCUT2D eigenvalue weighted by molar-refractivity contribution is 0.223. The molecule has 0 radical (unpaired) electrons. The van der Waals surface area contributed by atoms with Crippen LogP contribution in [0.1, 0.15) is 51.2 Å². The van der Waals surface area contributed by atoms with Gasteiger partial charge in [0.15, 0.2) is 17.4 Å². The Labute approximate surface area is 167 Å². The van der Waals surface area contributed by atoms with Crippen molar-refractivity contribution < 1.29 is 17.9 Å². The average Bonchev–Trinajstić information content (AvgIpc) is 2.68. The van der Waals surface area contributed by atoms with Gasteiger partial charge in [0.05, 0.1) is 6.61 Å². The molecule has 0 saturated carbocycles. The summed E-state index contributed by atoms with van der Waals surface area (Å²) < 4.78 is 46.9. The highest BCUT2D eigenvalue weighted by Gasteiger charge is 2.19. The van der Waals surface area contributed by atoms with E-state index in [1.54, 1.807) is 19.1 Å². The quantitative estimate of drug-likeness (QED) is 0.261. The van der Waals surface area contributed by atoms with E-state index in [1.165, 1.54) is 6.08 Å². The van der Waals surface area contributed by atoms with E-state index in [9.17, 15) is 13.2 Å². The maximum atomic E-state index is 14.2. The smallest absolute Gasteiger partial charge is 0.200 e. The Morgan fingerprint density at radius 3 is 2.36 bits per heavy atom. The molecule has 28 heavy (non-hydrogen) atoms. The molecule has 154 valence electrons. The topological polar surface area (TPSA) is 9.23 Å². The zero-order valence-corrected chi connectivity index (χ0v) is 17.2. The molecule has 0 N–H and O–H groups in total. The summed E-state index contributed by atoms with van der Waals surface area (Å²) in [4.78, 5) is 0. The number of ether oxygens (including phenoxy) is 1. The van der Waals surface area contributed by atoms with Gasteiger partial charge in [0.1, 0.15) is 5.82 Å². The van der Waals surface area contributed by atoms with Gasteiger partial charge >= 0.3 is 0 Å². The van der Waals surface area contributed by atoms with Crippen molar-refractivity contribution >= 4 is 6.08 Å². The molecule has 4 heteroatoms. The lowest BCUT2D eigenvalue weighted by atomic mass is 9.89. The van der Waals surface area contributed by atoms with Crippen molar-refractivity contribution in [1.82, 2.24) is 0 Å². The second-order valence-electron chi connectivity index (χ2n) is 7.19. The van der Waals surface area contributed by atoms with Gasteiger partial charge in [0, 0.05) is 5.56 Å². The van der Waals surface area contributed by atoms with Crippen LogP contribution in [0.3, 0.4) is 0 Å². The summed E-state index contributed by atoms with van der Waals surface area (Å²) in [5.74, 6) is -2.48. The van der Waals surface area contributed by atoms with Crippen LogP contribution in [0.25, 0.3) is 6.08 Å². The van der Waals surface area contributed by atoms with Crippen LogP contribution in [0.15, 0.2) is 60.9 Å². The summed E-state index contributed by atoms with van der Waals surface area (Å²) in [7, 11) is 0. The van der Waals surface area contributed by atoms with E-state index < -0.39 is 11.7 Å². The number of aryl methyl sites for hydroxylation is 1. The van der Waals surface area contributed by atoms with Crippen LogP contribution in [0, 0.1) is 17.7 Å². The third-order valence-corrected chi connectivity index (χ3v) is 4.94. The number of benzene rings is 1. The van der Waals surface area contributed by atoms with Crippen molar-refractivity contribution in [2.75, 3.05) is 6.61 Å². The molecule has 1 nitrogen and oxygen atoms in total. The van der Waals surface area contributed by atoms with Crippen LogP contribution in [0.4, 0.5) is 13.2 Å². The van der Waals surface area contributed by atoms with Crippen molar-refractivity contribution in [3.63, 3.8) is 0 Å². The zero-order chi connectivity index (χ0) is 21.3. The van der Waals surface area contributed by atoms with Crippen LogP contribution in [-0.2, 0) is 11.2 Å². The summed E-state index contributed by atoms with van der Waals surface area (Å²) in [6.07, 6.45) is 4.68. The molecule has 0 heterocycles. The Balaban J connectivity index is 2.53. The molecule has 1 rings (SSSR count). The first kappa shape index (κ1) is 23.8. The minimum Gasteiger partial charge on any atom is -0.491 e. The van der Waals surface area contributed by atoms with Gasteiger partial charge in [0.2, 0.25) is 0 Å². The van der Waals surface area contributed by atoms with Gasteiger partial charge in [-0.3, -0.25) is 0 Å². The summed E-state index contributed by atoms with van der Waals surface area (Å²) in [5.41, 5.74) is 1.56. The number of allylic oxidation sites excluding steroid dienone is 3. The van der Waals surface area contributed by atoms with E-state index in [0.717, 1.165) is 24.8 Å². The molecule has 0 fully saturated rings. The van der Waals surface area contributed by atoms with E-state index in [-0.39, 0.29) is 29.7 Å². The maximum Gasteiger partial charge on any atom is 0.200 e. The largest absolute Gasteiger partial charge is 0.491 e. The molecular weight excluding hydrogens is 361 g/mol. The fourth-order valence-electron chi connectivity index (χ4n) is 2.88. The maximum absolute atomic E-state index is 14.2. The van der Waals surface area contributed by atoms with Crippen molar-refractivity contribution in [2.24, 2.45) is 11.8 Å². The molecule has 0 spiro atoms. The van der Waals surface area contributed by atoms with Gasteiger partial charge < -0.3 is 4.74 Å². The Bertz CT molecular complexity index is 733. The highest BCUT2D eigenvalue weighted by Crippen LogP contribution is 2.30. The minimum atomic E-state index is -1.09.